The summed E-state index contributed by atoms with van der Waals surface area (Å²) in [5.74, 6) is -0.109. The molecule has 0 aromatic heterocycles. The van der Waals surface area contributed by atoms with E-state index in [0.29, 0.717) is 40.0 Å². The van der Waals surface area contributed by atoms with Gasteiger partial charge in [0.15, 0.2) is 0 Å². The van der Waals surface area contributed by atoms with Crippen LogP contribution in [0.1, 0.15) is 23.2 Å². The van der Waals surface area contributed by atoms with Crippen LogP contribution in [0.25, 0.3) is 0 Å². The number of hydrogen-bond donors (Lipinski definition) is 1. The molecule has 1 aliphatic rings. The molecule has 0 saturated carbocycles. The normalized spacial score (nSPS) is 16.4. The lowest BCUT2D eigenvalue weighted by Crippen LogP contribution is -2.43. The maximum atomic E-state index is 13.0. The van der Waals surface area contributed by atoms with Crippen molar-refractivity contribution >= 4 is 40.7 Å². The molecular weight excluding hydrogens is 375 g/mol. The van der Waals surface area contributed by atoms with E-state index in [9.17, 15) is 9.59 Å². The van der Waals surface area contributed by atoms with E-state index in [0.717, 1.165) is 6.42 Å². The van der Waals surface area contributed by atoms with Gasteiger partial charge in [-0.2, -0.15) is 0 Å². The van der Waals surface area contributed by atoms with Crippen LogP contribution >= 0.6 is 23.2 Å². The molecule has 0 bridgehead atoms. The third-order valence-corrected chi connectivity index (χ3v) is 4.90. The van der Waals surface area contributed by atoms with Gasteiger partial charge in [0.2, 0.25) is 5.91 Å². The fraction of sp³-hybridized carbons (Fsp3) is 0.263. The van der Waals surface area contributed by atoms with E-state index in [1.165, 1.54) is 7.11 Å². The van der Waals surface area contributed by atoms with Gasteiger partial charge >= 0.3 is 0 Å². The Morgan fingerprint density at radius 1 is 1.19 bits per heavy atom. The number of likely N-dealkylation sites (tertiary alicyclic amines) is 1. The maximum absolute atomic E-state index is 13.0. The molecule has 1 atom stereocenters. The zero-order chi connectivity index (χ0) is 18.7. The Hall–Kier alpha value is -2.24. The second-order valence-corrected chi connectivity index (χ2v) is 6.81. The Labute approximate surface area is 161 Å². The van der Waals surface area contributed by atoms with Crippen LogP contribution in [0.2, 0.25) is 10.0 Å². The molecule has 26 heavy (non-hydrogen) atoms. The van der Waals surface area contributed by atoms with Gasteiger partial charge in [-0.15, -0.1) is 0 Å². The Bertz CT molecular complexity index is 841. The Morgan fingerprint density at radius 2 is 1.96 bits per heavy atom. The van der Waals surface area contributed by atoms with Gasteiger partial charge in [0.1, 0.15) is 11.8 Å². The minimum absolute atomic E-state index is 0.259. The number of carbonyl (C=O) groups is 2. The highest BCUT2D eigenvalue weighted by molar-refractivity contribution is 6.33. The van der Waals surface area contributed by atoms with Gasteiger partial charge in [-0.05, 0) is 43.2 Å². The number of carbonyl (C=O) groups excluding carboxylic acids is 2. The molecule has 1 saturated heterocycles. The largest absolute Gasteiger partial charge is 0.496 e. The van der Waals surface area contributed by atoms with E-state index in [-0.39, 0.29) is 11.8 Å². The van der Waals surface area contributed by atoms with Crippen molar-refractivity contribution in [3.8, 4) is 5.75 Å². The molecule has 1 N–H and O–H groups in total. The minimum atomic E-state index is -0.567. The quantitative estimate of drug-likeness (QED) is 0.845. The maximum Gasteiger partial charge on any atom is 0.258 e. The number of nitrogens with one attached hydrogen (secondary N) is 1. The summed E-state index contributed by atoms with van der Waals surface area (Å²) in [5, 5.41) is 3.69. The number of methoxy groups -OCH3 is 1. The lowest BCUT2D eigenvalue weighted by Gasteiger charge is -2.25. The molecule has 5 nitrogen and oxygen atoms in total. The molecule has 136 valence electrons. The van der Waals surface area contributed by atoms with Crippen LogP contribution in [0.4, 0.5) is 5.69 Å². The molecule has 0 aliphatic carbocycles. The van der Waals surface area contributed by atoms with E-state index in [2.05, 4.69) is 5.32 Å². The summed E-state index contributed by atoms with van der Waals surface area (Å²) in [6, 6.07) is 11.3. The van der Waals surface area contributed by atoms with Crippen molar-refractivity contribution in [3.63, 3.8) is 0 Å². The van der Waals surface area contributed by atoms with Gasteiger partial charge in [0, 0.05) is 11.6 Å². The summed E-state index contributed by atoms with van der Waals surface area (Å²) < 4.78 is 5.26. The third-order valence-electron chi connectivity index (χ3n) is 4.34. The van der Waals surface area contributed by atoms with E-state index in [1.54, 1.807) is 47.4 Å². The van der Waals surface area contributed by atoms with Crippen molar-refractivity contribution in [3.05, 3.63) is 58.1 Å². The Morgan fingerprint density at radius 3 is 2.69 bits per heavy atom. The number of anilines is 1. The fourth-order valence-corrected chi connectivity index (χ4v) is 3.42. The number of halogens is 2. The molecule has 0 spiro atoms. The number of benzene rings is 2. The highest BCUT2D eigenvalue weighted by Crippen LogP contribution is 2.29. The van der Waals surface area contributed by atoms with Crippen LogP contribution in [-0.2, 0) is 4.79 Å². The van der Waals surface area contributed by atoms with Crippen LogP contribution < -0.4 is 10.1 Å². The zero-order valence-electron chi connectivity index (χ0n) is 14.2. The summed E-state index contributed by atoms with van der Waals surface area (Å²) >= 11 is 12.1. The molecule has 1 fully saturated rings. The molecule has 1 heterocycles. The van der Waals surface area contributed by atoms with Crippen molar-refractivity contribution < 1.29 is 14.3 Å². The number of nitrogens with zero attached hydrogens (tertiary/aromatic N) is 1. The fourth-order valence-electron chi connectivity index (χ4n) is 3.06. The van der Waals surface area contributed by atoms with E-state index in [4.69, 9.17) is 27.9 Å². The summed E-state index contributed by atoms with van der Waals surface area (Å²) in [7, 11) is 1.49. The number of ether oxygens (including phenoxy) is 1. The molecule has 7 heteroatoms. The molecule has 2 amide bonds. The molecule has 3 rings (SSSR count). The summed E-state index contributed by atoms with van der Waals surface area (Å²) in [5.41, 5.74) is 0.872. The standard InChI is InChI=1S/C19H18Cl2N2O3/c1-26-17-9-8-12(20)11-13(17)19(25)23-10-4-7-16(23)18(24)22-15-6-3-2-5-14(15)21/h2-3,5-6,8-9,11,16H,4,7,10H2,1H3,(H,22,24)/t16-/m1/s1. The summed E-state index contributed by atoms with van der Waals surface area (Å²) in [6.45, 7) is 0.495. The van der Waals surface area contributed by atoms with Crippen molar-refractivity contribution in [1.29, 1.82) is 0 Å². The topological polar surface area (TPSA) is 58.6 Å². The second-order valence-electron chi connectivity index (χ2n) is 5.97. The van der Waals surface area contributed by atoms with Crippen LogP contribution in [0.5, 0.6) is 5.75 Å². The van der Waals surface area contributed by atoms with Crippen molar-refractivity contribution in [1.82, 2.24) is 4.90 Å². The highest BCUT2D eigenvalue weighted by Gasteiger charge is 2.35. The van der Waals surface area contributed by atoms with E-state index >= 15 is 0 Å². The third kappa shape index (κ3) is 3.79. The van der Waals surface area contributed by atoms with Crippen LogP contribution in [0.3, 0.4) is 0 Å². The molecule has 0 unspecified atom stereocenters. The highest BCUT2D eigenvalue weighted by atomic mass is 35.5. The predicted molar refractivity (Wildman–Crippen MR) is 102 cm³/mol. The first-order valence-electron chi connectivity index (χ1n) is 8.21. The zero-order valence-corrected chi connectivity index (χ0v) is 15.7. The molecule has 2 aromatic rings. The van der Waals surface area contributed by atoms with Crippen LogP contribution in [-0.4, -0.2) is 36.4 Å². The Kier molecular flexibility index (Phi) is 5.69. The first-order valence-corrected chi connectivity index (χ1v) is 8.96. The Balaban J connectivity index is 1.82. The van der Waals surface area contributed by atoms with Crippen LogP contribution in [0, 0.1) is 0 Å². The molecular formula is C19H18Cl2N2O3. The van der Waals surface area contributed by atoms with Gasteiger partial charge in [0.25, 0.3) is 5.91 Å². The first kappa shape index (κ1) is 18.5. The SMILES string of the molecule is COc1ccc(Cl)cc1C(=O)N1CCC[C@@H]1C(=O)Nc1ccccc1Cl. The number of hydrogen-bond acceptors (Lipinski definition) is 3. The minimum Gasteiger partial charge on any atom is -0.496 e. The van der Waals surface area contributed by atoms with E-state index < -0.39 is 6.04 Å². The van der Waals surface area contributed by atoms with Crippen LogP contribution in [0.15, 0.2) is 42.5 Å². The first-order chi connectivity index (χ1) is 12.5. The predicted octanol–water partition coefficient (Wildman–Crippen LogP) is 4.25. The van der Waals surface area contributed by atoms with Crippen molar-refractivity contribution in [2.24, 2.45) is 0 Å². The smallest absolute Gasteiger partial charge is 0.258 e. The lowest BCUT2D eigenvalue weighted by molar-refractivity contribution is -0.119. The van der Waals surface area contributed by atoms with Gasteiger partial charge in [-0.1, -0.05) is 35.3 Å². The molecule has 0 radical (unpaired) electrons. The second kappa shape index (κ2) is 7.98. The van der Waals surface area contributed by atoms with E-state index in [1.807, 2.05) is 0 Å². The van der Waals surface area contributed by atoms with Gasteiger partial charge in [-0.25, -0.2) is 0 Å². The average molecular weight is 393 g/mol. The number of para-hydroxylation sites is 1. The van der Waals surface area contributed by atoms with Crippen molar-refractivity contribution in [2.75, 3.05) is 19.0 Å². The van der Waals surface area contributed by atoms with Gasteiger partial charge in [0.05, 0.1) is 23.4 Å². The van der Waals surface area contributed by atoms with Gasteiger partial charge < -0.3 is 15.0 Å². The average Bonchev–Trinajstić information content (AvgIpc) is 3.13. The number of amides is 2. The monoisotopic (exact) mass is 392 g/mol. The number of rotatable bonds is 4. The summed E-state index contributed by atoms with van der Waals surface area (Å²) in [6.07, 6.45) is 1.33. The van der Waals surface area contributed by atoms with Crippen molar-refractivity contribution in [2.45, 2.75) is 18.9 Å². The molecule has 1 aliphatic heterocycles. The summed E-state index contributed by atoms with van der Waals surface area (Å²) in [4.78, 5) is 27.3. The lowest BCUT2D eigenvalue weighted by atomic mass is 10.1. The van der Waals surface area contributed by atoms with Gasteiger partial charge in [-0.3, -0.25) is 9.59 Å². The molecule has 2 aromatic carbocycles.